The van der Waals surface area contributed by atoms with Gasteiger partial charge in [0.05, 0.1) is 23.1 Å². The van der Waals surface area contributed by atoms with Crippen LogP contribution in [0.25, 0.3) is 11.1 Å². The molecule has 0 aromatic heterocycles. The average molecular weight is 356 g/mol. The smallest absolute Gasteiger partial charge is 0.235 e. The molecule has 0 aliphatic carbocycles. The summed E-state index contributed by atoms with van der Waals surface area (Å²) in [5, 5.41) is 9.14. The topological polar surface area (TPSA) is 82.5 Å². The highest BCUT2D eigenvalue weighted by Crippen LogP contribution is 2.40. The molecule has 2 aromatic carbocycles. The van der Waals surface area contributed by atoms with Crippen molar-refractivity contribution < 1.29 is 4.79 Å². The summed E-state index contributed by atoms with van der Waals surface area (Å²) in [6.45, 7) is 1.89. The molecule has 0 unspecified atom stereocenters. The van der Waals surface area contributed by atoms with Gasteiger partial charge in [-0.1, -0.05) is 30.3 Å². The molecule has 0 radical (unpaired) electrons. The summed E-state index contributed by atoms with van der Waals surface area (Å²) in [6, 6.07) is 17.3. The van der Waals surface area contributed by atoms with Crippen LogP contribution in [0.5, 0.6) is 0 Å². The van der Waals surface area contributed by atoms with Gasteiger partial charge in [-0.15, -0.1) is 12.3 Å². The zero-order chi connectivity index (χ0) is 19.6. The molecule has 3 rings (SSSR count). The predicted molar refractivity (Wildman–Crippen MR) is 105 cm³/mol. The van der Waals surface area contributed by atoms with Gasteiger partial charge in [0.1, 0.15) is 0 Å². The van der Waals surface area contributed by atoms with Crippen LogP contribution in [-0.2, 0) is 10.3 Å². The number of nitrogens with zero attached hydrogens (tertiary/aromatic N) is 3. The van der Waals surface area contributed by atoms with Crippen LogP contribution in [0.1, 0.15) is 24.5 Å². The van der Waals surface area contributed by atoms with Gasteiger partial charge >= 0.3 is 0 Å². The molecule has 1 aliphatic rings. The Morgan fingerprint density at radius 1 is 1.26 bits per heavy atom. The maximum Gasteiger partial charge on any atom is 0.235 e. The Kier molecular flexibility index (Phi) is 4.71. The molecule has 2 aromatic rings. The number of aliphatic imine (C=N–C) groups is 1. The molecule has 2 atom stereocenters. The maximum atomic E-state index is 12.8. The SMILES string of the molecule is C#CC[C@H]1C(=O)N(C)C(N)=N[C@]1(C)c1cccc(-c2cccc(C#N)c2)c1. The van der Waals surface area contributed by atoms with E-state index in [1.54, 1.807) is 13.1 Å². The lowest BCUT2D eigenvalue weighted by atomic mass is 9.76. The fourth-order valence-electron chi connectivity index (χ4n) is 3.43. The monoisotopic (exact) mass is 356 g/mol. The summed E-state index contributed by atoms with van der Waals surface area (Å²) in [5.41, 5.74) is 8.44. The molecule has 1 heterocycles. The van der Waals surface area contributed by atoms with Crippen LogP contribution in [0.3, 0.4) is 0 Å². The van der Waals surface area contributed by atoms with Gasteiger partial charge < -0.3 is 5.73 Å². The van der Waals surface area contributed by atoms with Crippen molar-refractivity contribution in [3.05, 3.63) is 59.7 Å². The molecule has 0 bridgehead atoms. The van der Waals surface area contributed by atoms with Crippen LogP contribution >= 0.6 is 0 Å². The summed E-state index contributed by atoms with van der Waals surface area (Å²) in [6.07, 6.45) is 5.79. The molecular weight excluding hydrogens is 336 g/mol. The molecule has 134 valence electrons. The third kappa shape index (κ3) is 3.16. The number of guanidine groups is 1. The molecule has 0 fully saturated rings. The van der Waals surface area contributed by atoms with E-state index in [1.807, 2.05) is 49.4 Å². The number of benzene rings is 2. The quantitative estimate of drug-likeness (QED) is 0.859. The maximum absolute atomic E-state index is 12.8. The minimum absolute atomic E-state index is 0.139. The van der Waals surface area contributed by atoms with Gasteiger partial charge in [-0.25, -0.2) is 4.99 Å². The number of hydrogen-bond donors (Lipinski definition) is 1. The van der Waals surface area contributed by atoms with E-state index in [1.165, 1.54) is 4.90 Å². The summed E-state index contributed by atoms with van der Waals surface area (Å²) in [4.78, 5) is 18.8. The molecule has 2 N–H and O–H groups in total. The molecule has 27 heavy (non-hydrogen) atoms. The van der Waals surface area contributed by atoms with E-state index in [0.29, 0.717) is 5.56 Å². The first-order valence-corrected chi connectivity index (χ1v) is 8.58. The van der Waals surface area contributed by atoms with E-state index in [2.05, 4.69) is 17.0 Å². The van der Waals surface area contributed by atoms with Crippen LogP contribution < -0.4 is 5.73 Å². The molecule has 0 saturated heterocycles. The van der Waals surface area contributed by atoms with Gasteiger partial charge in [-0.2, -0.15) is 5.26 Å². The molecule has 5 nitrogen and oxygen atoms in total. The molecular formula is C22H20N4O. The van der Waals surface area contributed by atoms with E-state index in [-0.39, 0.29) is 18.3 Å². The lowest BCUT2D eigenvalue weighted by Crippen LogP contribution is -2.53. The van der Waals surface area contributed by atoms with E-state index >= 15 is 0 Å². The largest absolute Gasteiger partial charge is 0.369 e. The summed E-state index contributed by atoms with van der Waals surface area (Å²) in [5.74, 6) is 2.13. The lowest BCUT2D eigenvalue weighted by molar-refractivity contribution is -0.133. The third-order valence-electron chi connectivity index (χ3n) is 5.09. The lowest BCUT2D eigenvalue weighted by Gasteiger charge is -2.40. The first-order valence-electron chi connectivity index (χ1n) is 8.58. The molecule has 1 aliphatic heterocycles. The molecule has 1 amide bonds. The number of terminal acetylenes is 1. The standard InChI is InChI=1S/C22H20N4O/c1-4-7-19-20(27)26(3)21(24)25-22(19,2)18-11-6-10-17(13-18)16-9-5-8-15(12-16)14-23/h1,5-6,8-13,19H,7H2,2-3H3,(H2,24,25)/t19-,22+/m0/s1. The van der Waals surface area contributed by atoms with E-state index in [9.17, 15) is 4.79 Å². The minimum atomic E-state index is -0.858. The van der Waals surface area contributed by atoms with E-state index in [4.69, 9.17) is 17.4 Å². The van der Waals surface area contributed by atoms with Gasteiger partial charge in [0.15, 0.2) is 5.96 Å². The molecule has 0 saturated carbocycles. The average Bonchev–Trinajstić information content (AvgIpc) is 2.70. The Hall–Kier alpha value is -3.57. The van der Waals surface area contributed by atoms with Crippen molar-refractivity contribution in [2.45, 2.75) is 18.9 Å². The van der Waals surface area contributed by atoms with Gasteiger partial charge in [0.2, 0.25) is 5.91 Å². The number of rotatable bonds is 3. The number of hydrogen-bond acceptors (Lipinski definition) is 4. The zero-order valence-corrected chi connectivity index (χ0v) is 15.3. The summed E-state index contributed by atoms with van der Waals surface area (Å²) < 4.78 is 0. The van der Waals surface area contributed by atoms with Crippen molar-refractivity contribution in [2.24, 2.45) is 16.6 Å². The van der Waals surface area contributed by atoms with Crippen molar-refractivity contribution in [3.63, 3.8) is 0 Å². The Morgan fingerprint density at radius 2 is 1.93 bits per heavy atom. The second kappa shape index (κ2) is 6.97. The Balaban J connectivity index is 2.13. The highest BCUT2D eigenvalue weighted by Gasteiger charge is 2.45. The van der Waals surface area contributed by atoms with Crippen molar-refractivity contribution in [3.8, 4) is 29.5 Å². The van der Waals surface area contributed by atoms with Crippen LogP contribution in [0, 0.1) is 29.6 Å². The number of carbonyl (C=O) groups excluding carboxylic acids is 1. The van der Waals surface area contributed by atoms with Crippen LogP contribution in [0.4, 0.5) is 0 Å². The highest BCUT2D eigenvalue weighted by molar-refractivity contribution is 6.00. The fraction of sp³-hybridized carbons (Fsp3) is 0.227. The first kappa shape index (κ1) is 18.2. The van der Waals surface area contributed by atoms with E-state index < -0.39 is 11.5 Å². The Morgan fingerprint density at radius 3 is 2.59 bits per heavy atom. The summed E-state index contributed by atoms with van der Waals surface area (Å²) in [7, 11) is 1.61. The van der Waals surface area contributed by atoms with Crippen LogP contribution in [-0.4, -0.2) is 23.8 Å². The fourth-order valence-corrected chi connectivity index (χ4v) is 3.43. The first-order chi connectivity index (χ1) is 12.9. The van der Waals surface area contributed by atoms with Crippen molar-refractivity contribution >= 4 is 11.9 Å². The minimum Gasteiger partial charge on any atom is -0.369 e. The highest BCUT2D eigenvalue weighted by atomic mass is 16.2. The summed E-state index contributed by atoms with van der Waals surface area (Å²) >= 11 is 0. The second-order valence-electron chi connectivity index (χ2n) is 6.75. The molecule has 0 spiro atoms. The van der Waals surface area contributed by atoms with E-state index in [0.717, 1.165) is 16.7 Å². The number of nitrogens with two attached hydrogens (primary N) is 1. The van der Waals surface area contributed by atoms with Gasteiger partial charge in [0.25, 0.3) is 0 Å². The Bertz CT molecular complexity index is 1010. The second-order valence-corrected chi connectivity index (χ2v) is 6.75. The number of nitriles is 1. The Labute approximate surface area is 159 Å². The van der Waals surface area contributed by atoms with Crippen LogP contribution in [0.2, 0.25) is 0 Å². The predicted octanol–water partition coefficient (Wildman–Crippen LogP) is 2.87. The van der Waals surface area contributed by atoms with Crippen molar-refractivity contribution in [1.29, 1.82) is 5.26 Å². The van der Waals surface area contributed by atoms with Gasteiger partial charge in [-0.05, 0) is 41.8 Å². The third-order valence-corrected chi connectivity index (χ3v) is 5.09. The van der Waals surface area contributed by atoms with Gasteiger partial charge in [-0.3, -0.25) is 9.69 Å². The van der Waals surface area contributed by atoms with Crippen molar-refractivity contribution in [2.75, 3.05) is 7.05 Å². The normalized spacial score (nSPS) is 21.9. The van der Waals surface area contributed by atoms with Crippen LogP contribution in [0.15, 0.2) is 53.5 Å². The number of amides is 1. The van der Waals surface area contributed by atoms with Crippen molar-refractivity contribution in [1.82, 2.24) is 4.90 Å². The molecule has 5 heteroatoms. The number of carbonyl (C=O) groups is 1. The zero-order valence-electron chi connectivity index (χ0n) is 15.3. The van der Waals surface area contributed by atoms with Gasteiger partial charge in [0, 0.05) is 13.5 Å².